The van der Waals surface area contributed by atoms with Gasteiger partial charge in [0.25, 0.3) is 0 Å². The van der Waals surface area contributed by atoms with Gasteiger partial charge in [0.2, 0.25) is 5.91 Å². The van der Waals surface area contributed by atoms with Crippen molar-refractivity contribution in [3.63, 3.8) is 0 Å². The van der Waals surface area contributed by atoms with Crippen LogP contribution in [0.3, 0.4) is 0 Å². The summed E-state index contributed by atoms with van der Waals surface area (Å²) in [5.74, 6) is 0.154. The summed E-state index contributed by atoms with van der Waals surface area (Å²) in [6.07, 6.45) is 3.09. The Morgan fingerprint density at radius 1 is 1.24 bits per heavy atom. The molecule has 2 aromatic rings. The standard InChI is InChI=1S/C20H20N2O3/c1-25-18(23)11-14-6-4-8-17(21-14)22-19(24)16-12-20(16)10-9-13-5-2-3-7-15(13)20/h2-8,16H,9-12H2,1H3,(H,21,22,24)/t16-,20+/m0/s1. The number of rotatable bonds is 4. The number of carbonyl (C=O) groups is 2. The van der Waals surface area contributed by atoms with Gasteiger partial charge >= 0.3 is 5.97 Å². The normalized spacial score (nSPS) is 23.2. The van der Waals surface area contributed by atoms with Crippen LogP contribution in [0, 0.1) is 5.92 Å². The van der Waals surface area contributed by atoms with E-state index in [9.17, 15) is 9.59 Å². The number of amides is 1. The van der Waals surface area contributed by atoms with Crippen LogP contribution in [0.5, 0.6) is 0 Å². The summed E-state index contributed by atoms with van der Waals surface area (Å²) in [5, 5.41) is 2.92. The Labute approximate surface area is 146 Å². The number of aromatic nitrogens is 1. The van der Waals surface area contributed by atoms with Gasteiger partial charge in [-0.05, 0) is 42.5 Å². The van der Waals surface area contributed by atoms with Crippen molar-refractivity contribution in [3.05, 3.63) is 59.3 Å². The number of esters is 1. The predicted molar refractivity (Wildman–Crippen MR) is 93.1 cm³/mol. The molecule has 25 heavy (non-hydrogen) atoms. The quantitative estimate of drug-likeness (QED) is 0.872. The van der Waals surface area contributed by atoms with E-state index in [1.165, 1.54) is 18.2 Å². The van der Waals surface area contributed by atoms with Crippen molar-refractivity contribution < 1.29 is 14.3 Å². The van der Waals surface area contributed by atoms with Gasteiger partial charge in [0, 0.05) is 11.3 Å². The number of aryl methyl sites for hydroxylation is 1. The molecule has 2 aliphatic carbocycles. The van der Waals surface area contributed by atoms with Gasteiger partial charge < -0.3 is 10.1 Å². The summed E-state index contributed by atoms with van der Waals surface area (Å²) >= 11 is 0. The molecule has 4 rings (SSSR count). The van der Waals surface area contributed by atoms with Gasteiger partial charge in [0.05, 0.1) is 19.2 Å². The first-order valence-corrected chi connectivity index (χ1v) is 8.54. The lowest BCUT2D eigenvalue weighted by atomic mass is 9.95. The number of pyridine rings is 1. The fraction of sp³-hybridized carbons (Fsp3) is 0.350. The molecule has 1 spiro atoms. The lowest BCUT2D eigenvalue weighted by Crippen LogP contribution is -2.20. The number of nitrogens with one attached hydrogen (secondary N) is 1. The molecule has 1 aromatic heterocycles. The first-order chi connectivity index (χ1) is 12.1. The molecule has 2 aliphatic rings. The van der Waals surface area contributed by atoms with E-state index in [-0.39, 0.29) is 29.6 Å². The Kier molecular flexibility index (Phi) is 3.79. The molecule has 0 saturated heterocycles. The Morgan fingerprint density at radius 3 is 2.92 bits per heavy atom. The molecule has 0 unspecified atom stereocenters. The molecule has 1 fully saturated rings. The minimum Gasteiger partial charge on any atom is -0.469 e. The van der Waals surface area contributed by atoms with Crippen LogP contribution in [-0.4, -0.2) is 24.0 Å². The van der Waals surface area contributed by atoms with Gasteiger partial charge in [-0.25, -0.2) is 4.98 Å². The maximum Gasteiger partial charge on any atom is 0.311 e. The molecular formula is C20H20N2O3. The molecule has 5 nitrogen and oxygen atoms in total. The second-order valence-electron chi connectivity index (χ2n) is 6.83. The van der Waals surface area contributed by atoms with Gasteiger partial charge in [-0.2, -0.15) is 0 Å². The zero-order valence-electron chi connectivity index (χ0n) is 14.1. The molecule has 1 saturated carbocycles. The maximum absolute atomic E-state index is 12.7. The molecular weight excluding hydrogens is 316 g/mol. The smallest absolute Gasteiger partial charge is 0.311 e. The van der Waals surface area contributed by atoms with E-state index >= 15 is 0 Å². The molecule has 0 aliphatic heterocycles. The number of hydrogen-bond acceptors (Lipinski definition) is 4. The first-order valence-electron chi connectivity index (χ1n) is 8.54. The Balaban J connectivity index is 1.46. The lowest BCUT2D eigenvalue weighted by Gasteiger charge is -2.12. The fourth-order valence-electron chi connectivity index (χ4n) is 4.02. The molecule has 128 valence electrons. The largest absolute Gasteiger partial charge is 0.469 e. The molecule has 5 heteroatoms. The van der Waals surface area contributed by atoms with Crippen LogP contribution in [0.4, 0.5) is 5.82 Å². The van der Waals surface area contributed by atoms with Gasteiger partial charge in [-0.3, -0.25) is 9.59 Å². The first kappa shape index (κ1) is 15.8. The third kappa shape index (κ3) is 2.80. The highest BCUT2D eigenvalue weighted by Crippen LogP contribution is 2.61. The van der Waals surface area contributed by atoms with Crippen LogP contribution in [0.2, 0.25) is 0 Å². The predicted octanol–water partition coefficient (Wildman–Crippen LogP) is 2.64. The van der Waals surface area contributed by atoms with Crippen LogP contribution in [0.25, 0.3) is 0 Å². The van der Waals surface area contributed by atoms with Crippen molar-refractivity contribution in [3.8, 4) is 0 Å². The van der Waals surface area contributed by atoms with Gasteiger partial charge in [-0.1, -0.05) is 30.3 Å². The van der Waals surface area contributed by atoms with Crippen molar-refractivity contribution in [1.82, 2.24) is 4.98 Å². The second kappa shape index (κ2) is 5.99. The summed E-state index contributed by atoms with van der Waals surface area (Å²) in [7, 11) is 1.35. The highest BCUT2D eigenvalue weighted by molar-refractivity contribution is 5.95. The number of benzene rings is 1. The summed E-state index contributed by atoms with van der Waals surface area (Å²) in [5.41, 5.74) is 3.31. The van der Waals surface area contributed by atoms with E-state index in [1.807, 2.05) is 0 Å². The Bertz CT molecular complexity index is 848. The zero-order chi connectivity index (χ0) is 17.4. The summed E-state index contributed by atoms with van der Waals surface area (Å²) in [4.78, 5) is 28.4. The summed E-state index contributed by atoms with van der Waals surface area (Å²) in [6, 6.07) is 13.7. The van der Waals surface area contributed by atoms with Crippen molar-refractivity contribution in [2.24, 2.45) is 5.92 Å². The molecule has 1 N–H and O–H groups in total. The Morgan fingerprint density at radius 2 is 2.08 bits per heavy atom. The van der Waals surface area contributed by atoms with Crippen LogP contribution >= 0.6 is 0 Å². The van der Waals surface area contributed by atoms with E-state index in [0.29, 0.717) is 11.5 Å². The van der Waals surface area contributed by atoms with E-state index in [2.05, 4.69) is 39.3 Å². The van der Waals surface area contributed by atoms with Crippen molar-refractivity contribution in [2.75, 3.05) is 12.4 Å². The SMILES string of the molecule is COC(=O)Cc1cccc(NC(=O)[C@@H]2C[C@@]23CCc2ccccc23)n1. The topological polar surface area (TPSA) is 68.3 Å². The summed E-state index contributed by atoms with van der Waals surface area (Å²) in [6.45, 7) is 0. The third-order valence-electron chi connectivity index (χ3n) is 5.40. The number of ether oxygens (including phenoxy) is 1. The second-order valence-corrected chi connectivity index (χ2v) is 6.83. The van der Waals surface area contributed by atoms with Crippen molar-refractivity contribution in [2.45, 2.75) is 31.1 Å². The van der Waals surface area contributed by atoms with E-state index in [1.54, 1.807) is 18.2 Å². The van der Waals surface area contributed by atoms with E-state index in [0.717, 1.165) is 19.3 Å². The van der Waals surface area contributed by atoms with Gasteiger partial charge in [-0.15, -0.1) is 0 Å². The fourth-order valence-corrected chi connectivity index (χ4v) is 4.02. The van der Waals surface area contributed by atoms with Crippen LogP contribution in [-0.2, 0) is 32.6 Å². The number of hydrogen-bond donors (Lipinski definition) is 1. The third-order valence-corrected chi connectivity index (χ3v) is 5.40. The lowest BCUT2D eigenvalue weighted by molar-refractivity contribution is -0.139. The molecule has 1 heterocycles. The molecule has 2 atom stereocenters. The van der Waals surface area contributed by atoms with E-state index in [4.69, 9.17) is 0 Å². The average molecular weight is 336 g/mol. The monoisotopic (exact) mass is 336 g/mol. The highest BCUT2D eigenvalue weighted by atomic mass is 16.5. The number of anilines is 1. The Hall–Kier alpha value is -2.69. The number of fused-ring (bicyclic) bond motifs is 2. The van der Waals surface area contributed by atoms with Gasteiger partial charge in [0.15, 0.2) is 0 Å². The zero-order valence-corrected chi connectivity index (χ0v) is 14.1. The average Bonchev–Trinajstić information content (AvgIpc) is 3.25. The van der Waals surface area contributed by atoms with Crippen molar-refractivity contribution >= 4 is 17.7 Å². The van der Waals surface area contributed by atoms with Crippen LogP contribution in [0.15, 0.2) is 42.5 Å². The summed E-state index contributed by atoms with van der Waals surface area (Å²) < 4.78 is 4.65. The minimum absolute atomic E-state index is 0.00205. The van der Waals surface area contributed by atoms with E-state index < -0.39 is 0 Å². The van der Waals surface area contributed by atoms with Crippen molar-refractivity contribution in [1.29, 1.82) is 0 Å². The molecule has 1 aromatic carbocycles. The number of nitrogens with zero attached hydrogens (tertiary/aromatic N) is 1. The maximum atomic E-state index is 12.7. The number of methoxy groups -OCH3 is 1. The number of carbonyl (C=O) groups excluding carboxylic acids is 2. The van der Waals surface area contributed by atoms with Gasteiger partial charge in [0.1, 0.15) is 5.82 Å². The molecule has 1 amide bonds. The molecule has 0 bridgehead atoms. The molecule has 0 radical (unpaired) electrons. The highest BCUT2D eigenvalue weighted by Gasteiger charge is 2.61. The van der Waals surface area contributed by atoms with Crippen LogP contribution in [0.1, 0.15) is 29.7 Å². The van der Waals surface area contributed by atoms with Crippen LogP contribution < -0.4 is 5.32 Å². The minimum atomic E-state index is -0.348.